The highest BCUT2D eigenvalue weighted by Gasteiger charge is 2.21. The van der Waals surface area contributed by atoms with Crippen LogP contribution in [0.5, 0.6) is 0 Å². The Morgan fingerprint density at radius 2 is 2.00 bits per heavy atom. The van der Waals surface area contributed by atoms with E-state index in [1.54, 1.807) is 18.0 Å². The van der Waals surface area contributed by atoms with Gasteiger partial charge in [0.1, 0.15) is 0 Å². The minimum Gasteiger partial charge on any atom is -0.333 e. The minimum absolute atomic E-state index is 0.0275. The molecule has 0 spiro atoms. The molecular formula is C17H16ClN3OS. The van der Waals surface area contributed by atoms with Crippen LogP contribution in [0, 0.1) is 0 Å². The maximum atomic E-state index is 12.6. The van der Waals surface area contributed by atoms with Gasteiger partial charge in [-0.1, -0.05) is 41.6 Å². The van der Waals surface area contributed by atoms with Crippen molar-refractivity contribution in [2.24, 2.45) is 0 Å². The summed E-state index contributed by atoms with van der Waals surface area (Å²) >= 11 is 7.38. The second-order valence-electron chi connectivity index (χ2n) is 5.20. The fraction of sp³-hybridized carbons (Fsp3) is 0.176. The molecule has 3 rings (SSSR count). The smallest absolute Gasteiger partial charge is 0.240 e. The van der Waals surface area contributed by atoms with Crippen LogP contribution in [0.1, 0.15) is 6.92 Å². The first-order valence-electron chi connectivity index (χ1n) is 7.19. The number of carbonyl (C=O) groups excluding carboxylic acids is 1. The van der Waals surface area contributed by atoms with E-state index >= 15 is 0 Å². The Morgan fingerprint density at radius 3 is 2.74 bits per heavy atom. The number of fused-ring (bicyclic) bond motifs is 1. The number of nitrogens with zero attached hydrogens (tertiary/aromatic N) is 2. The first-order valence-corrected chi connectivity index (χ1v) is 8.45. The average Bonchev–Trinajstić information content (AvgIpc) is 2.95. The zero-order valence-electron chi connectivity index (χ0n) is 12.8. The van der Waals surface area contributed by atoms with Crippen molar-refractivity contribution < 1.29 is 4.79 Å². The first-order chi connectivity index (χ1) is 11.0. The summed E-state index contributed by atoms with van der Waals surface area (Å²) in [6.07, 6.45) is 0. The van der Waals surface area contributed by atoms with Gasteiger partial charge in [0.05, 0.1) is 16.3 Å². The van der Waals surface area contributed by atoms with E-state index in [-0.39, 0.29) is 11.2 Å². The van der Waals surface area contributed by atoms with Crippen LogP contribution in [-0.4, -0.2) is 28.2 Å². The topological polar surface area (TPSA) is 49.0 Å². The van der Waals surface area contributed by atoms with Gasteiger partial charge in [-0.15, -0.1) is 0 Å². The molecule has 0 radical (unpaired) electrons. The minimum atomic E-state index is -0.253. The Bertz CT molecular complexity index is 834. The number of hydrogen-bond donors (Lipinski definition) is 1. The molecule has 0 aliphatic rings. The molecule has 118 valence electrons. The molecule has 1 aromatic heterocycles. The van der Waals surface area contributed by atoms with Crippen LogP contribution in [0.25, 0.3) is 11.0 Å². The number of nitrogens with one attached hydrogen (secondary N) is 1. The maximum absolute atomic E-state index is 12.6. The number of thioether (sulfide) groups is 1. The molecule has 0 saturated heterocycles. The number of H-pyrrole nitrogens is 1. The summed E-state index contributed by atoms with van der Waals surface area (Å²) < 4.78 is 0. The Kier molecular flexibility index (Phi) is 4.59. The van der Waals surface area contributed by atoms with E-state index in [0.29, 0.717) is 10.2 Å². The number of hydrogen-bond acceptors (Lipinski definition) is 3. The summed E-state index contributed by atoms with van der Waals surface area (Å²) in [5.74, 6) is 0.0275. The van der Waals surface area contributed by atoms with Gasteiger partial charge in [-0.3, -0.25) is 4.79 Å². The Hall–Kier alpha value is -1.98. The molecule has 23 heavy (non-hydrogen) atoms. The standard InChI is InChI=1S/C17H16ClN3OS/c1-11(16(22)21(2)13-6-4-3-5-7-13)23-17-19-14-9-8-12(18)10-15(14)20-17/h3-11H,1-2H3,(H,19,20)/t11-/m1/s1. The third-order valence-electron chi connectivity index (χ3n) is 3.53. The lowest BCUT2D eigenvalue weighted by Gasteiger charge is -2.20. The Morgan fingerprint density at radius 1 is 1.26 bits per heavy atom. The number of rotatable bonds is 4. The monoisotopic (exact) mass is 345 g/mol. The molecule has 0 unspecified atom stereocenters. The van der Waals surface area contributed by atoms with Crippen molar-refractivity contribution in [2.75, 3.05) is 11.9 Å². The molecule has 1 amide bonds. The molecule has 0 bridgehead atoms. The zero-order chi connectivity index (χ0) is 16.4. The molecule has 0 fully saturated rings. The van der Waals surface area contributed by atoms with Crippen molar-refractivity contribution in [1.82, 2.24) is 9.97 Å². The van der Waals surface area contributed by atoms with Gasteiger partial charge in [0, 0.05) is 17.8 Å². The summed E-state index contributed by atoms with van der Waals surface area (Å²) in [7, 11) is 1.78. The van der Waals surface area contributed by atoms with E-state index in [2.05, 4.69) is 9.97 Å². The molecule has 3 aromatic rings. The molecule has 2 aromatic carbocycles. The number of amides is 1. The van der Waals surface area contributed by atoms with Gasteiger partial charge < -0.3 is 9.88 Å². The van der Waals surface area contributed by atoms with Crippen LogP contribution in [-0.2, 0) is 4.79 Å². The second kappa shape index (κ2) is 6.64. The average molecular weight is 346 g/mol. The lowest BCUT2D eigenvalue weighted by Crippen LogP contribution is -2.33. The summed E-state index contributed by atoms with van der Waals surface area (Å²) in [5, 5.41) is 1.12. The van der Waals surface area contributed by atoms with Crippen molar-refractivity contribution in [3.8, 4) is 0 Å². The van der Waals surface area contributed by atoms with Gasteiger partial charge in [-0.25, -0.2) is 4.98 Å². The number of benzene rings is 2. The highest BCUT2D eigenvalue weighted by molar-refractivity contribution is 8.00. The molecule has 1 N–H and O–H groups in total. The summed E-state index contributed by atoms with van der Waals surface area (Å²) in [6.45, 7) is 1.88. The van der Waals surface area contributed by atoms with E-state index in [0.717, 1.165) is 16.7 Å². The number of aromatic nitrogens is 2. The van der Waals surface area contributed by atoms with E-state index in [1.807, 2.05) is 49.4 Å². The normalized spacial score (nSPS) is 12.3. The van der Waals surface area contributed by atoms with Crippen molar-refractivity contribution >= 4 is 46.0 Å². The van der Waals surface area contributed by atoms with Crippen molar-refractivity contribution in [2.45, 2.75) is 17.3 Å². The molecule has 0 saturated carbocycles. The van der Waals surface area contributed by atoms with Crippen molar-refractivity contribution in [1.29, 1.82) is 0 Å². The third-order valence-corrected chi connectivity index (χ3v) is 4.74. The van der Waals surface area contributed by atoms with Gasteiger partial charge in [-0.2, -0.15) is 0 Å². The summed E-state index contributed by atoms with van der Waals surface area (Å²) in [5.41, 5.74) is 2.59. The largest absolute Gasteiger partial charge is 0.333 e. The first kappa shape index (κ1) is 15.9. The highest BCUT2D eigenvalue weighted by Crippen LogP contribution is 2.26. The molecule has 6 heteroatoms. The maximum Gasteiger partial charge on any atom is 0.240 e. The number of para-hydroxylation sites is 1. The molecule has 1 heterocycles. The van der Waals surface area contributed by atoms with Crippen LogP contribution < -0.4 is 4.90 Å². The van der Waals surface area contributed by atoms with Crippen molar-refractivity contribution in [3.63, 3.8) is 0 Å². The van der Waals surface area contributed by atoms with Gasteiger partial charge in [0.15, 0.2) is 5.16 Å². The fourth-order valence-corrected chi connectivity index (χ4v) is 3.37. The number of halogens is 1. The van der Waals surface area contributed by atoms with E-state index in [4.69, 9.17) is 11.6 Å². The van der Waals surface area contributed by atoms with E-state index in [9.17, 15) is 4.79 Å². The van der Waals surface area contributed by atoms with Crippen LogP contribution >= 0.6 is 23.4 Å². The highest BCUT2D eigenvalue weighted by atomic mass is 35.5. The van der Waals surface area contributed by atoms with Gasteiger partial charge >= 0.3 is 0 Å². The lowest BCUT2D eigenvalue weighted by atomic mass is 10.3. The number of imidazole rings is 1. The van der Waals surface area contributed by atoms with Crippen LogP contribution in [0.15, 0.2) is 53.7 Å². The predicted molar refractivity (Wildman–Crippen MR) is 96.3 cm³/mol. The lowest BCUT2D eigenvalue weighted by molar-refractivity contribution is -0.117. The molecule has 0 aliphatic carbocycles. The third kappa shape index (κ3) is 3.51. The molecule has 0 aliphatic heterocycles. The fourth-order valence-electron chi connectivity index (χ4n) is 2.28. The van der Waals surface area contributed by atoms with Gasteiger partial charge in [0.25, 0.3) is 0 Å². The Labute approximate surface area is 143 Å². The van der Waals surface area contributed by atoms with Crippen LogP contribution in [0.4, 0.5) is 5.69 Å². The molecule has 4 nitrogen and oxygen atoms in total. The van der Waals surface area contributed by atoms with E-state index in [1.165, 1.54) is 11.8 Å². The number of aromatic amines is 1. The quantitative estimate of drug-likeness (QED) is 0.715. The molecular weight excluding hydrogens is 330 g/mol. The van der Waals surface area contributed by atoms with Gasteiger partial charge in [0.2, 0.25) is 5.91 Å². The summed E-state index contributed by atoms with van der Waals surface area (Å²) in [4.78, 5) is 21.9. The van der Waals surface area contributed by atoms with Crippen LogP contribution in [0.2, 0.25) is 5.02 Å². The Balaban J connectivity index is 1.74. The number of anilines is 1. The van der Waals surface area contributed by atoms with Crippen LogP contribution in [0.3, 0.4) is 0 Å². The van der Waals surface area contributed by atoms with Gasteiger partial charge in [-0.05, 0) is 37.3 Å². The van der Waals surface area contributed by atoms with Crippen molar-refractivity contribution in [3.05, 3.63) is 53.6 Å². The number of carbonyl (C=O) groups is 1. The summed E-state index contributed by atoms with van der Waals surface area (Å²) in [6, 6.07) is 15.1. The van der Waals surface area contributed by atoms with E-state index < -0.39 is 0 Å². The second-order valence-corrected chi connectivity index (χ2v) is 6.96. The molecule has 1 atom stereocenters. The predicted octanol–water partition coefficient (Wildman–Crippen LogP) is 4.36. The zero-order valence-corrected chi connectivity index (χ0v) is 14.4. The SMILES string of the molecule is C[C@@H](Sc1nc2ccc(Cl)cc2[nH]1)C(=O)N(C)c1ccccc1.